The summed E-state index contributed by atoms with van der Waals surface area (Å²) in [4.78, 5) is 9.41. The molecule has 4 rings (SSSR count). The zero-order valence-corrected chi connectivity index (χ0v) is 27.8. The zero-order valence-electron chi connectivity index (χ0n) is 27.8. The van der Waals surface area contributed by atoms with Crippen LogP contribution in [0.4, 0.5) is 8.78 Å². The average Bonchev–Trinajstić information content (AvgIpc) is 3.25. The van der Waals surface area contributed by atoms with Crippen LogP contribution in [0.3, 0.4) is 0 Å². The molecule has 0 aromatic carbocycles. The summed E-state index contributed by atoms with van der Waals surface area (Å²) in [5, 5.41) is 0. The number of hydrogen-bond donors (Lipinski definition) is 0. The van der Waals surface area contributed by atoms with Crippen LogP contribution in [-0.2, 0) is 0 Å². The van der Waals surface area contributed by atoms with Crippen molar-refractivity contribution in [1.82, 2.24) is 19.6 Å². The van der Waals surface area contributed by atoms with Gasteiger partial charge in [-0.15, -0.1) is 0 Å². The van der Waals surface area contributed by atoms with E-state index in [1.54, 1.807) is 4.90 Å². The Morgan fingerprint density at radius 3 is 0.921 bits per heavy atom. The molecule has 0 atom stereocenters. The number of hydrogen-bond acceptors (Lipinski definition) is 4. The van der Waals surface area contributed by atoms with E-state index in [2.05, 4.69) is 83.9 Å². The average molecular weight is 545 g/mol. The molecule has 6 heteroatoms. The van der Waals surface area contributed by atoms with Crippen LogP contribution in [0.2, 0.25) is 0 Å². The van der Waals surface area contributed by atoms with Crippen LogP contribution >= 0.6 is 0 Å². The molecule has 228 valence electrons. The van der Waals surface area contributed by atoms with Gasteiger partial charge in [-0.3, -0.25) is 19.6 Å². The Kier molecular flexibility index (Phi) is 13.2. The smallest absolute Gasteiger partial charge is 0.272 e. The van der Waals surface area contributed by atoms with Crippen molar-refractivity contribution in [2.45, 2.75) is 150 Å². The molecule has 0 N–H and O–H groups in total. The summed E-state index contributed by atoms with van der Waals surface area (Å²) in [5.74, 6) is -1.49. The maximum Gasteiger partial charge on any atom is 0.272 e. The molecule has 0 aliphatic carbocycles. The predicted molar refractivity (Wildman–Crippen MR) is 162 cm³/mol. The van der Waals surface area contributed by atoms with Gasteiger partial charge in [-0.05, 0) is 141 Å². The molecule has 0 aromatic rings. The van der Waals surface area contributed by atoms with Crippen molar-refractivity contribution in [3.63, 3.8) is 0 Å². The number of likely N-dealkylation sites (tertiary alicyclic amines) is 4. The van der Waals surface area contributed by atoms with Crippen LogP contribution in [0, 0.1) is 5.92 Å². The number of rotatable bonds is 0. The lowest BCUT2D eigenvalue weighted by molar-refractivity contribution is -0.160. The Bertz CT molecular complexity index is 641. The summed E-state index contributed by atoms with van der Waals surface area (Å²) in [6.07, 6.45) is 7.04. The minimum Gasteiger partial charge on any atom is -0.298 e. The fourth-order valence-corrected chi connectivity index (χ4v) is 5.19. The Balaban J connectivity index is 0.000000254. The molecule has 4 fully saturated rings. The molecule has 0 radical (unpaired) electrons. The van der Waals surface area contributed by atoms with Crippen molar-refractivity contribution >= 4 is 0 Å². The molecular weight excluding hydrogens is 478 g/mol. The lowest BCUT2D eigenvalue weighted by Gasteiger charge is -2.47. The van der Waals surface area contributed by atoms with E-state index in [0.29, 0.717) is 16.6 Å². The van der Waals surface area contributed by atoms with Gasteiger partial charge in [0.25, 0.3) is 5.92 Å². The monoisotopic (exact) mass is 545 g/mol. The second-order valence-corrected chi connectivity index (χ2v) is 16.1. The highest BCUT2D eigenvalue weighted by Gasteiger charge is 2.47. The van der Waals surface area contributed by atoms with Crippen LogP contribution in [0.15, 0.2) is 0 Å². The molecular formula is C32H66F2N4. The molecule has 0 aromatic heterocycles. The molecule has 38 heavy (non-hydrogen) atoms. The van der Waals surface area contributed by atoms with Gasteiger partial charge in [-0.2, -0.15) is 0 Å². The Hall–Kier alpha value is -0.300. The first-order valence-corrected chi connectivity index (χ1v) is 15.4. The van der Waals surface area contributed by atoms with Gasteiger partial charge < -0.3 is 0 Å². The third-order valence-corrected chi connectivity index (χ3v) is 8.17. The first-order chi connectivity index (χ1) is 17.0. The standard InChI is InChI=1S/C9H19N.2C8H17N.C7H13F2N/c1-9(2,3)10-7-5-4-6-8-10;1-7-5-9(6-7)8(2,3)4;1-8(2,3)9-6-4-5-7-9;1-6(2,3)10-4-7(8,9)5-10/h4-8H2,1-3H3;7H,5-6H2,1-4H3;4-7H2,1-3H3;4-5H2,1-3H3. The highest BCUT2D eigenvalue weighted by Crippen LogP contribution is 2.32. The van der Waals surface area contributed by atoms with E-state index in [0.717, 1.165) is 5.92 Å². The second kappa shape index (κ2) is 14.0. The van der Waals surface area contributed by atoms with Gasteiger partial charge in [0, 0.05) is 35.2 Å². The van der Waals surface area contributed by atoms with Crippen molar-refractivity contribution in [1.29, 1.82) is 0 Å². The molecule has 4 aliphatic rings. The van der Waals surface area contributed by atoms with Crippen molar-refractivity contribution < 1.29 is 8.78 Å². The SMILES string of the molecule is CC(C)(C)N1CC(F)(F)C1.CC(C)(C)N1CCCC1.CC(C)(C)N1CCCCC1.CC1CN(C(C)(C)C)C1. The topological polar surface area (TPSA) is 13.0 Å². The maximum atomic E-state index is 12.3. The molecule has 0 bridgehead atoms. The van der Waals surface area contributed by atoms with E-state index in [-0.39, 0.29) is 18.6 Å². The summed E-state index contributed by atoms with van der Waals surface area (Å²) >= 11 is 0. The second-order valence-electron chi connectivity index (χ2n) is 16.1. The highest BCUT2D eigenvalue weighted by atomic mass is 19.3. The van der Waals surface area contributed by atoms with E-state index in [1.807, 2.05) is 20.8 Å². The molecule has 4 nitrogen and oxygen atoms in total. The molecule has 4 saturated heterocycles. The van der Waals surface area contributed by atoms with Crippen molar-refractivity contribution in [2.75, 3.05) is 52.4 Å². The fraction of sp³-hybridized carbons (Fsp3) is 1.00. The third kappa shape index (κ3) is 13.4. The summed E-state index contributed by atoms with van der Waals surface area (Å²) in [6, 6.07) is 0. The van der Waals surface area contributed by atoms with Gasteiger partial charge in [0.1, 0.15) is 0 Å². The largest absolute Gasteiger partial charge is 0.298 e. The molecule has 0 saturated carbocycles. The predicted octanol–water partition coefficient (Wildman–Crippen LogP) is 7.62. The van der Waals surface area contributed by atoms with Crippen LogP contribution < -0.4 is 0 Å². The van der Waals surface area contributed by atoms with Gasteiger partial charge in [-0.25, -0.2) is 8.78 Å². The van der Waals surface area contributed by atoms with E-state index in [9.17, 15) is 8.78 Å². The van der Waals surface area contributed by atoms with Gasteiger partial charge in [-0.1, -0.05) is 13.3 Å². The number of alkyl halides is 2. The van der Waals surface area contributed by atoms with Gasteiger partial charge in [0.2, 0.25) is 0 Å². The van der Waals surface area contributed by atoms with E-state index in [4.69, 9.17) is 0 Å². The highest BCUT2D eigenvalue weighted by molar-refractivity contribution is 4.93. The summed E-state index contributed by atoms with van der Waals surface area (Å²) in [5.41, 5.74) is 1.13. The summed E-state index contributed by atoms with van der Waals surface area (Å²) in [6.45, 7) is 36.4. The quantitative estimate of drug-likeness (QED) is 0.311. The van der Waals surface area contributed by atoms with Crippen molar-refractivity contribution in [3.05, 3.63) is 0 Å². The Morgan fingerprint density at radius 1 is 0.474 bits per heavy atom. The van der Waals surface area contributed by atoms with Crippen LogP contribution in [-0.4, -0.2) is 100 Å². The summed E-state index contributed by atoms with van der Waals surface area (Å²) < 4.78 is 24.6. The van der Waals surface area contributed by atoms with E-state index < -0.39 is 5.92 Å². The van der Waals surface area contributed by atoms with Crippen LogP contribution in [0.1, 0.15) is 122 Å². The van der Waals surface area contributed by atoms with Gasteiger partial charge >= 0.3 is 0 Å². The molecule has 4 heterocycles. The van der Waals surface area contributed by atoms with Crippen LogP contribution in [0.25, 0.3) is 0 Å². The molecule has 0 unspecified atom stereocenters. The third-order valence-electron chi connectivity index (χ3n) is 8.17. The van der Waals surface area contributed by atoms with Crippen LogP contribution in [0.5, 0.6) is 0 Å². The lowest BCUT2D eigenvalue weighted by Crippen LogP contribution is -2.62. The molecule has 4 aliphatic heterocycles. The maximum absolute atomic E-state index is 12.3. The Morgan fingerprint density at radius 2 is 0.763 bits per heavy atom. The summed E-state index contributed by atoms with van der Waals surface area (Å²) in [7, 11) is 0. The normalized spacial score (nSPS) is 24.1. The van der Waals surface area contributed by atoms with Gasteiger partial charge in [0.15, 0.2) is 0 Å². The van der Waals surface area contributed by atoms with E-state index >= 15 is 0 Å². The number of nitrogens with zero attached hydrogens (tertiary/aromatic N) is 4. The van der Waals surface area contributed by atoms with E-state index in [1.165, 1.54) is 71.4 Å². The van der Waals surface area contributed by atoms with Crippen molar-refractivity contribution in [2.24, 2.45) is 5.92 Å². The first-order valence-electron chi connectivity index (χ1n) is 15.4. The Labute approximate surface area is 236 Å². The minimum absolute atomic E-state index is 0.0729. The molecule has 0 spiro atoms. The number of piperidine rings is 1. The number of halogens is 2. The van der Waals surface area contributed by atoms with Gasteiger partial charge in [0.05, 0.1) is 13.1 Å². The first kappa shape index (κ1) is 35.7. The minimum atomic E-state index is -2.42. The zero-order chi connectivity index (χ0) is 29.6. The van der Waals surface area contributed by atoms with Crippen molar-refractivity contribution in [3.8, 4) is 0 Å². The fourth-order valence-electron chi connectivity index (χ4n) is 5.19. The lowest BCUT2D eigenvalue weighted by atomic mass is 9.94. The molecule has 0 amide bonds.